The smallest absolute Gasteiger partial charge is 0.353 e. The standard InChI is InChI=1S/C12H7F2NO3/c1-2-15-9-4-8(14)7(13)3-6(9)11(16)5-10(15)12(17)18/h2-5H,1H2,(H,17,18). The van der Waals surface area contributed by atoms with Gasteiger partial charge >= 0.3 is 5.97 Å². The molecule has 1 aromatic heterocycles. The van der Waals surface area contributed by atoms with Gasteiger partial charge < -0.3 is 9.67 Å². The Morgan fingerprint density at radius 3 is 2.44 bits per heavy atom. The number of nitrogens with zero attached hydrogens (tertiary/aromatic N) is 1. The van der Waals surface area contributed by atoms with Crippen molar-refractivity contribution in [3.05, 3.63) is 52.3 Å². The molecule has 18 heavy (non-hydrogen) atoms. The quantitative estimate of drug-likeness (QED) is 0.888. The molecule has 2 aromatic rings. The van der Waals surface area contributed by atoms with E-state index in [1.165, 1.54) is 0 Å². The van der Waals surface area contributed by atoms with Gasteiger partial charge in [-0.3, -0.25) is 4.79 Å². The predicted octanol–water partition coefficient (Wildman–Crippen LogP) is 2.08. The van der Waals surface area contributed by atoms with E-state index in [0.717, 1.165) is 29.0 Å². The largest absolute Gasteiger partial charge is 0.477 e. The second-order valence-corrected chi connectivity index (χ2v) is 3.54. The molecule has 0 aliphatic carbocycles. The number of aromatic carboxylic acids is 1. The van der Waals surface area contributed by atoms with Crippen molar-refractivity contribution in [2.24, 2.45) is 0 Å². The minimum atomic E-state index is -1.36. The van der Waals surface area contributed by atoms with Gasteiger partial charge in [-0.25, -0.2) is 13.6 Å². The molecule has 0 saturated carbocycles. The third-order valence-corrected chi connectivity index (χ3v) is 2.49. The maximum atomic E-state index is 13.2. The van der Waals surface area contributed by atoms with Crippen molar-refractivity contribution in [2.75, 3.05) is 0 Å². The van der Waals surface area contributed by atoms with Crippen LogP contribution in [-0.2, 0) is 0 Å². The van der Waals surface area contributed by atoms with Crippen LogP contribution in [0.1, 0.15) is 10.5 Å². The Morgan fingerprint density at radius 2 is 1.89 bits per heavy atom. The van der Waals surface area contributed by atoms with Gasteiger partial charge in [0.05, 0.1) is 5.52 Å². The average molecular weight is 251 g/mol. The van der Waals surface area contributed by atoms with Gasteiger partial charge in [-0.05, 0) is 6.07 Å². The molecule has 0 unspecified atom stereocenters. The lowest BCUT2D eigenvalue weighted by atomic mass is 10.1. The normalized spacial score (nSPS) is 10.6. The van der Waals surface area contributed by atoms with Gasteiger partial charge in [0.25, 0.3) is 0 Å². The van der Waals surface area contributed by atoms with Gasteiger partial charge in [0.2, 0.25) is 0 Å². The van der Waals surface area contributed by atoms with Crippen LogP contribution in [0.25, 0.3) is 17.1 Å². The Balaban J connectivity index is 3.05. The SMILES string of the molecule is C=Cn1c(C(=O)O)cc(=O)c2cc(F)c(F)cc21. The molecule has 0 saturated heterocycles. The van der Waals surface area contributed by atoms with E-state index in [2.05, 4.69) is 6.58 Å². The Morgan fingerprint density at radius 1 is 1.28 bits per heavy atom. The summed E-state index contributed by atoms with van der Waals surface area (Å²) in [6, 6.07) is 2.34. The number of carbonyl (C=O) groups is 1. The van der Waals surface area contributed by atoms with Crippen molar-refractivity contribution in [2.45, 2.75) is 0 Å². The zero-order valence-corrected chi connectivity index (χ0v) is 8.98. The molecule has 0 amide bonds. The number of rotatable bonds is 2. The first-order valence-corrected chi connectivity index (χ1v) is 4.86. The molecule has 6 heteroatoms. The highest BCUT2D eigenvalue weighted by molar-refractivity contribution is 5.92. The lowest BCUT2D eigenvalue weighted by molar-refractivity contribution is 0.0688. The van der Waals surface area contributed by atoms with Crippen LogP contribution in [0.4, 0.5) is 8.78 Å². The third kappa shape index (κ3) is 1.67. The molecule has 92 valence electrons. The zero-order chi connectivity index (χ0) is 13.4. The number of carboxylic acids is 1. The fraction of sp³-hybridized carbons (Fsp3) is 0. The Hall–Kier alpha value is -2.50. The first-order chi connectivity index (χ1) is 8.45. The molecular weight excluding hydrogens is 244 g/mol. The van der Waals surface area contributed by atoms with Crippen molar-refractivity contribution in [3.63, 3.8) is 0 Å². The number of benzene rings is 1. The Bertz CT molecular complexity index is 734. The monoisotopic (exact) mass is 251 g/mol. The second kappa shape index (κ2) is 4.06. The summed E-state index contributed by atoms with van der Waals surface area (Å²) in [6.45, 7) is 3.39. The highest BCUT2D eigenvalue weighted by Gasteiger charge is 2.15. The topological polar surface area (TPSA) is 59.3 Å². The van der Waals surface area contributed by atoms with Crippen LogP contribution in [0, 0.1) is 11.6 Å². The fourth-order valence-corrected chi connectivity index (χ4v) is 1.70. The summed E-state index contributed by atoms with van der Waals surface area (Å²) < 4.78 is 27.2. The zero-order valence-electron chi connectivity index (χ0n) is 8.98. The highest BCUT2D eigenvalue weighted by atomic mass is 19.2. The van der Waals surface area contributed by atoms with E-state index in [-0.39, 0.29) is 16.6 Å². The lowest BCUT2D eigenvalue weighted by Gasteiger charge is -2.09. The summed E-state index contributed by atoms with van der Waals surface area (Å²) in [5.41, 5.74) is -1.11. The maximum Gasteiger partial charge on any atom is 0.353 e. The number of aromatic nitrogens is 1. The number of fused-ring (bicyclic) bond motifs is 1. The van der Waals surface area contributed by atoms with E-state index in [0.29, 0.717) is 0 Å². The molecule has 2 rings (SSSR count). The minimum absolute atomic E-state index is 0.0474. The van der Waals surface area contributed by atoms with Crippen molar-refractivity contribution >= 4 is 23.1 Å². The molecule has 4 nitrogen and oxygen atoms in total. The van der Waals surface area contributed by atoms with Crippen LogP contribution < -0.4 is 5.43 Å². The molecule has 0 atom stereocenters. The summed E-state index contributed by atoms with van der Waals surface area (Å²) in [5, 5.41) is 8.82. The van der Waals surface area contributed by atoms with Gasteiger partial charge in [-0.2, -0.15) is 0 Å². The molecule has 1 aromatic carbocycles. The van der Waals surface area contributed by atoms with Crippen molar-refractivity contribution in [1.29, 1.82) is 0 Å². The second-order valence-electron chi connectivity index (χ2n) is 3.54. The van der Waals surface area contributed by atoms with Crippen molar-refractivity contribution in [3.8, 4) is 0 Å². The van der Waals surface area contributed by atoms with Gasteiger partial charge in [0.15, 0.2) is 17.1 Å². The van der Waals surface area contributed by atoms with Crippen LogP contribution in [0.2, 0.25) is 0 Å². The third-order valence-electron chi connectivity index (χ3n) is 2.49. The molecule has 0 spiro atoms. The lowest BCUT2D eigenvalue weighted by Crippen LogP contribution is -2.15. The van der Waals surface area contributed by atoms with Gasteiger partial charge in [-0.1, -0.05) is 6.58 Å². The number of pyridine rings is 1. The van der Waals surface area contributed by atoms with Crippen LogP contribution in [-0.4, -0.2) is 15.6 Å². The molecule has 0 aliphatic rings. The number of halogens is 2. The van der Waals surface area contributed by atoms with E-state index in [4.69, 9.17) is 5.11 Å². The van der Waals surface area contributed by atoms with Crippen molar-refractivity contribution < 1.29 is 18.7 Å². The van der Waals surface area contributed by atoms with E-state index < -0.39 is 23.0 Å². The maximum absolute atomic E-state index is 13.2. The minimum Gasteiger partial charge on any atom is -0.477 e. The van der Waals surface area contributed by atoms with Gasteiger partial charge in [-0.15, -0.1) is 0 Å². The first-order valence-electron chi connectivity index (χ1n) is 4.86. The summed E-state index contributed by atoms with van der Waals surface area (Å²) in [4.78, 5) is 22.6. The number of hydrogen-bond donors (Lipinski definition) is 1. The molecule has 0 fully saturated rings. The van der Waals surface area contributed by atoms with Crippen molar-refractivity contribution in [1.82, 2.24) is 4.57 Å². The van der Waals surface area contributed by atoms with Crippen LogP contribution in [0.5, 0.6) is 0 Å². The van der Waals surface area contributed by atoms with E-state index in [9.17, 15) is 18.4 Å². The summed E-state index contributed by atoms with van der Waals surface area (Å²) in [7, 11) is 0. The first kappa shape index (κ1) is 12.0. The highest BCUT2D eigenvalue weighted by Crippen LogP contribution is 2.18. The summed E-state index contributed by atoms with van der Waals surface area (Å²) in [5.74, 6) is -3.70. The Labute approximate surface area is 99.4 Å². The van der Waals surface area contributed by atoms with E-state index in [1.54, 1.807) is 0 Å². The van der Waals surface area contributed by atoms with Crippen LogP contribution >= 0.6 is 0 Å². The molecule has 1 N–H and O–H groups in total. The molecule has 0 aliphatic heterocycles. The fourth-order valence-electron chi connectivity index (χ4n) is 1.70. The molecule has 1 heterocycles. The van der Waals surface area contributed by atoms with Gasteiger partial charge in [0.1, 0.15) is 5.69 Å². The molecule has 0 radical (unpaired) electrons. The summed E-state index contributed by atoms with van der Waals surface area (Å²) in [6.07, 6.45) is 1.11. The van der Waals surface area contributed by atoms with Crippen LogP contribution in [0.15, 0.2) is 29.6 Å². The molecule has 0 bridgehead atoms. The van der Waals surface area contributed by atoms with Gasteiger partial charge in [0, 0.05) is 23.7 Å². The summed E-state index contributed by atoms with van der Waals surface area (Å²) >= 11 is 0. The number of hydrogen-bond acceptors (Lipinski definition) is 2. The molecular formula is C12H7F2NO3. The predicted molar refractivity (Wildman–Crippen MR) is 61.5 cm³/mol. The van der Waals surface area contributed by atoms with E-state index >= 15 is 0 Å². The van der Waals surface area contributed by atoms with E-state index in [1.807, 2.05) is 0 Å². The van der Waals surface area contributed by atoms with Crippen LogP contribution in [0.3, 0.4) is 0 Å². The Kier molecular flexibility index (Phi) is 2.70. The average Bonchev–Trinajstić information content (AvgIpc) is 2.31. The number of carboxylic acid groups (broad SMARTS) is 1.